The van der Waals surface area contributed by atoms with Crippen LogP contribution in [0.5, 0.6) is 0 Å². The lowest BCUT2D eigenvalue weighted by Crippen LogP contribution is -2.14. The van der Waals surface area contributed by atoms with Crippen LogP contribution in [0.15, 0.2) is 54.7 Å². The van der Waals surface area contributed by atoms with E-state index in [1.165, 1.54) is 0 Å². The number of aliphatic hydroxyl groups is 1. The number of rotatable bonds is 6. The van der Waals surface area contributed by atoms with Gasteiger partial charge in [0.05, 0.1) is 28.6 Å². The molecule has 0 saturated carbocycles. The molecule has 132 valence electrons. The molecule has 7 heteroatoms. The highest BCUT2D eigenvalue weighted by atomic mass is 35.5. The Morgan fingerprint density at radius 1 is 1.19 bits per heavy atom. The highest BCUT2D eigenvalue weighted by molar-refractivity contribution is 6.33. The Balaban J connectivity index is 2.12. The quantitative estimate of drug-likeness (QED) is 0.621. The van der Waals surface area contributed by atoms with Gasteiger partial charge in [0.1, 0.15) is 5.82 Å². The molecule has 0 aliphatic carbocycles. The molecule has 4 N–H and O–H groups in total. The largest absolute Gasteiger partial charge is 0.395 e. The van der Waals surface area contributed by atoms with E-state index in [0.29, 0.717) is 34.2 Å². The van der Waals surface area contributed by atoms with E-state index < -0.39 is 5.91 Å². The van der Waals surface area contributed by atoms with Gasteiger partial charge in [-0.25, -0.2) is 4.98 Å². The van der Waals surface area contributed by atoms with Gasteiger partial charge >= 0.3 is 0 Å². The number of carbonyl (C=O) groups is 1. The SMILES string of the molecule is NC(=O)c1ccc(NCCO)nc1-c1ccc(Cl)c(-c2ccccn2)c1. The minimum atomic E-state index is -0.574. The lowest BCUT2D eigenvalue weighted by atomic mass is 10.0. The van der Waals surface area contributed by atoms with Gasteiger partial charge in [-0.05, 0) is 36.4 Å². The summed E-state index contributed by atoms with van der Waals surface area (Å²) in [5, 5.41) is 12.5. The summed E-state index contributed by atoms with van der Waals surface area (Å²) in [5.74, 6) is -0.0380. The van der Waals surface area contributed by atoms with Gasteiger partial charge in [-0.2, -0.15) is 0 Å². The summed E-state index contributed by atoms with van der Waals surface area (Å²) in [6.07, 6.45) is 1.69. The molecule has 1 aromatic carbocycles. The van der Waals surface area contributed by atoms with Crippen molar-refractivity contribution in [3.63, 3.8) is 0 Å². The molecule has 0 fully saturated rings. The molecule has 0 aliphatic heterocycles. The molecule has 3 aromatic rings. The summed E-state index contributed by atoms with van der Waals surface area (Å²) in [6.45, 7) is 0.321. The average Bonchev–Trinajstić information content (AvgIpc) is 2.67. The maximum atomic E-state index is 11.8. The van der Waals surface area contributed by atoms with Gasteiger partial charge < -0.3 is 16.2 Å². The third-order valence-electron chi connectivity index (χ3n) is 3.76. The van der Waals surface area contributed by atoms with Crippen molar-refractivity contribution < 1.29 is 9.90 Å². The molecule has 2 heterocycles. The van der Waals surface area contributed by atoms with E-state index >= 15 is 0 Å². The maximum absolute atomic E-state index is 11.8. The maximum Gasteiger partial charge on any atom is 0.250 e. The Morgan fingerprint density at radius 3 is 2.73 bits per heavy atom. The number of nitrogens with zero attached hydrogens (tertiary/aromatic N) is 2. The number of anilines is 1. The summed E-state index contributed by atoms with van der Waals surface area (Å²) >= 11 is 6.33. The monoisotopic (exact) mass is 368 g/mol. The number of aliphatic hydroxyl groups excluding tert-OH is 1. The van der Waals surface area contributed by atoms with Gasteiger partial charge in [0.2, 0.25) is 0 Å². The molecule has 0 aliphatic rings. The third kappa shape index (κ3) is 3.82. The molecule has 0 radical (unpaired) electrons. The summed E-state index contributed by atoms with van der Waals surface area (Å²) in [4.78, 5) is 20.6. The minimum absolute atomic E-state index is 0.0284. The fourth-order valence-corrected chi connectivity index (χ4v) is 2.77. The summed E-state index contributed by atoms with van der Waals surface area (Å²) < 4.78 is 0. The van der Waals surface area contributed by atoms with Crippen molar-refractivity contribution in [2.45, 2.75) is 0 Å². The number of amides is 1. The van der Waals surface area contributed by atoms with Crippen molar-refractivity contribution in [2.24, 2.45) is 5.73 Å². The Hall–Kier alpha value is -2.96. The molecule has 26 heavy (non-hydrogen) atoms. The van der Waals surface area contributed by atoms with E-state index in [0.717, 1.165) is 11.3 Å². The van der Waals surface area contributed by atoms with Crippen LogP contribution in [-0.4, -0.2) is 34.1 Å². The molecule has 0 unspecified atom stereocenters. The molecule has 6 nitrogen and oxygen atoms in total. The number of halogens is 1. The summed E-state index contributed by atoms with van der Waals surface area (Å²) in [7, 11) is 0. The second kappa shape index (κ2) is 7.95. The number of nitrogens with two attached hydrogens (primary N) is 1. The predicted octanol–water partition coefficient (Wildman–Crippen LogP) is 2.97. The smallest absolute Gasteiger partial charge is 0.250 e. The van der Waals surface area contributed by atoms with Crippen molar-refractivity contribution in [3.05, 3.63) is 65.3 Å². The second-order valence-electron chi connectivity index (χ2n) is 5.52. The Labute approximate surface area is 155 Å². The lowest BCUT2D eigenvalue weighted by Gasteiger charge is -2.12. The van der Waals surface area contributed by atoms with Gasteiger partial charge in [-0.1, -0.05) is 23.7 Å². The number of carbonyl (C=O) groups excluding carboxylic acids is 1. The fraction of sp³-hybridized carbons (Fsp3) is 0.105. The van der Waals surface area contributed by atoms with Crippen LogP contribution in [0.2, 0.25) is 5.02 Å². The first-order chi connectivity index (χ1) is 12.6. The predicted molar refractivity (Wildman–Crippen MR) is 102 cm³/mol. The molecular weight excluding hydrogens is 352 g/mol. The van der Waals surface area contributed by atoms with Crippen LogP contribution in [0.4, 0.5) is 5.82 Å². The number of pyridine rings is 2. The normalized spacial score (nSPS) is 10.5. The van der Waals surface area contributed by atoms with E-state index in [1.807, 2.05) is 24.3 Å². The van der Waals surface area contributed by atoms with Crippen LogP contribution >= 0.6 is 11.6 Å². The van der Waals surface area contributed by atoms with Gasteiger partial charge in [0, 0.05) is 23.9 Å². The van der Waals surface area contributed by atoms with Crippen LogP contribution in [0.25, 0.3) is 22.5 Å². The number of hydrogen-bond donors (Lipinski definition) is 3. The van der Waals surface area contributed by atoms with E-state index in [2.05, 4.69) is 15.3 Å². The van der Waals surface area contributed by atoms with E-state index in [9.17, 15) is 4.79 Å². The number of nitrogens with one attached hydrogen (secondary N) is 1. The van der Waals surface area contributed by atoms with Gasteiger partial charge in [0.25, 0.3) is 5.91 Å². The first-order valence-electron chi connectivity index (χ1n) is 7.97. The Bertz CT molecular complexity index is 932. The van der Waals surface area contributed by atoms with Gasteiger partial charge in [-0.3, -0.25) is 9.78 Å². The van der Waals surface area contributed by atoms with Crippen LogP contribution < -0.4 is 11.1 Å². The van der Waals surface area contributed by atoms with Crippen molar-refractivity contribution in [1.29, 1.82) is 0 Å². The lowest BCUT2D eigenvalue weighted by molar-refractivity contribution is 0.100. The minimum Gasteiger partial charge on any atom is -0.395 e. The second-order valence-corrected chi connectivity index (χ2v) is 5.92. The van der Waals surface area contributed by atoms with Crippen LogP contribution in [0, 0.1) is 0 Å². The van der Waals surface area contributed by atoms with Gasteiger partial charge in [0.15, 0.2) is 0 Å². The molecule has 3 rings (SSSR count). The first-order valence-corrected chi connectivity index (χ1v) is 8.35. The highest BCUT2D eigenvalue weighted by Crippen LogP contribution is 2.32. The molecule has 2 aromatic heterocycles. The highest BCUT2D eigenvalue weighted by Gasteiger charge is 2.15. The zero-order valence-electron chi connectivity index (χ0n) is 13.8. The van der Waals surface area contributed by atoms with Crippen molar-refractivity contribution >= 4 is 23.3 Å². The summed E-state index contributed by atoms with van der Waals surface area (Å²) in [5.41, 5.74) is 8.38. The van der Waals surface area contributed by atoms with E-state index in [4.69, 9.17) is 22.4 Å². The van der Waals surface area contributed by atoms with E-state index in [1.54, 1.807) is 30.5 Å². The van der Waals surface area contributed by atoms with Crippen molar-refractivity contribution in [1.82, 2.24) is 9.97 Å². The standard InChI is InChI=1S/C19H17ClN4O2/c20-15-6-4-12(11-14(15)16-3-1-2-8-22-16)18-13(19(21)26)5-7-17(24-18)23-9-10-25/h1-8,11,25H,9-10H2,(H2,21,26)(H,23,24). The van der Waals surface area contributed by atoms with Crippen LogP contribution in [0.3, 0.4) is 0 Å². The molecule has 0 atom stereocenters. The number of primary amides is 1. The molecule has 0 bridgehead atoms. The third-order valence-corrected chi connectivity index (χ3v) is 4.09. The van der Waals surface area contributed by atoms with Crippen molar-refractivity contribution in [3.8, 4) is 22.5 Å². The number of hydrogen-bond acceptors (Lipinski definition) is 5. The molecule has 1 amide bonds. The molecule has 0 spiro atoms. The Morgan fingerprint density at radius 2 is 2.04 bits per heavy atom. The first kappa shape index (κ1) is 17.8. The molecular formula is C19H17ClN4O2. The van der Waals surface area contributed by atoms with Gasteiger partial charge in [-0.15, -0.1) is 0 Å². The average molecular weight is 369 g/mol. The topological polar surface area (TPSA) is 101 Å². The van der Waals surface area contributed by atoms with Crippen LogP contribution in [-0.2, 0) is 0 Å². The fourth-order valence-electron chi connectivity index (χ4n) is 2.55. The zero-order valence-corrected chi connectivity index (χ0v) is 14.6. The summed E-state index contributed by atoms with van der Waals surface area (Å²) in [6, 6.07) is 14.2. The number of benzene rings is 1. The number of aromatic nitrogens is 2. The zero-order chi connectivity index (χ0) is 18.5. The van der Waals surface area contributed by atoms with Crippen molar-refractivity contribution in [2.75, 3.05) is 18.5 Å². The van der Waals surface area contributed by atoms with E-state index in [-0.39, 0.29) is 6.61 Å². The van der Waals surface area contributed by atoms with Crippen LogP contribution in [0.1, 0.15) is 10.4 Å². The molecule has 0 saturated heterocycles. The Kier molecular flexibility index (Phi) is 5.46.